The molecule has 0 aromatic carbocycles. The van der Waals surface area contributed by atoms with Crippen LogP contribution < -0.4 is 5.73 Å². The summed E-state index contributed by atoms with van der Waals surface area (Å²) in [5.41, 5.74) is 7.70. The molecule has 0 radical (unpaired) electrons. The Kier molecular flexibility index (Phi) is 3.97. The molecule has 16 heavy (non-hydrogen) atoms. The van der Waals surface area contributed by atoms with E-state index in [1.54, 1.807) is 11.3 Å². The lowest BCUT2D eigenvalue weighted by Gasteiger charge is -2.40. The number of hydrogen-bond acceptors (Lipinski definition) is 4. The molecular formula is C12H21N3S. The summed E-state index contributed by atoms with van der Waals surface area (Å²) in [6.07, 6.45) is 0.992. The van der Waals surface area contributed by atoms with Crippen LogP contribution in [0.3, 0.4) is 0 Å². The predicted octanol–water partition coefficient (Wildman–Crippen LogP) is 0.864. The smallest absolute Gasteiger partial charge is 0.0375 e. The van der Waals surface area contributed by atoms with Crippen LogP contribution in [-0.2, 0) is 6.42 Å². The molecule has 1 aromatic heterocycles. The van der Waals surface area contributed by atoms with E-state index in [9.17, 15) is 0 Å². The summed E-state index contributed by atoms with van der Waals surface area (Å²) in [7, 11) is 4.36. The third kappa shape index (κ3) is 2.83. The van der Waals surface area contributed by atoms with Crippen LogP contribution in [0.15, 0.2) is 16.8 Å². The molecule has 1 aliphatic heterocycles. The Bertz CT molecular complexity index is 312. The highest BCUT2D eigenvalue weighted by atomic mass is 32.1. The molecule has 2 heterocycles. The van der Waals surface area contributed by atoms with Gasteiger partial charge >= 0.3 is 0 Å². The quantitative estimate of drug-likeness (QED) is 0.849. The van der Waals surface area contributed by atoms with Crippen molar-refractivity contribution in [3.8, 4) is 0 Å². The van der Waals surface area contributed by atoms with Crippen LogP contribution in [-0.4, -0.2) is 55.6 Å². The lowest BCUT2D eigenvalue weighted by Crippen LogP contribution is -2.58. The zero-order valence-electron chi connectivity index (χ0n) is 10.1. The van der Waals surface area contributed by atoms with Crippen molar-refractivity contribution >= 4 is 11.3 Å². The van der Waals surface area contributed by atoms with Crippen molar-refractivity contribution in [2.75, 3.05) is 33.7 Å². The van der Waals surface area contributed by atoms with Gasteiger partial charge in [0.05, 0.1) is 0 Å². The molecule has 90 valence electrons. The van der Waals surface area contributed by atoms with Crippen molar-refractivity contribution in [3.63, 3.8) is 0 Å². The van der Waals surface area contributed by atoms with E-state index in [4.69, 9.17) is 5.73 Å². The number of piperazine rings is 1. The van der Waals surface area contributed by atoms with Crippen molar-refractivity contribution in [2.45, 2.75) is 18.5 Å². The Morgan fingerprint density at radius 1 is 1.50 bits per heavy atom. The van der Waals surface area contributed by atoms with Gasteiger partial charge in [-0.05, 0) is 42.9 Å². The highest BCUT2D eigenvalue weighted by Crippen LogP contribution is 2.14. The van der Waals surface area contributed by atoms with Gasteiger partial charge in [0.25, 0.3) is 0 Å². The lowest BCUT2D eigenvalue weighted by atomic mass is 9.99. The van der Waals surface area contributed by atoms with E-state index in [2.05, 4.69) is 40.7 Å². The Labute approximate surface area is 102 Å². The Morgan fingerprint density at radius 2 is 2.31 bits per heavy atom. The van der Waals surface area contributed by atoms with Crippen molar-refractivity contribution in [1.82, 2.24) is 9.80 Å². The lowest BCUT2D eigenvalue weighted by molar-refractivity contribution is 0.0974. The number of hydrogen-bond donors (Lipinski definition) is 1. The summed E-state index contributed by atoms with van der Waals surface area (Å²) >= 11 is 1.75. The van der Waals surface area contributed by atoms with Crippen LogP contribution in [0.25, 0.3) is 0 Å². The van der Waals surface area contributed by atoms with Crippen LogP contribution in [0, 0.1) is 0 Å². The summed E-state index contributed by atoms with van der Waals surface area (Å²) in [6.45, 7) is 3.36. The molecule has 2 unspecified atom stereocenters. The maximum absolute atomic E-state index is 6.33. The van der Waals surface area contributed by atoms with Crippen molar-refractivity contribution in [2.24, 2.45) is 5.73 Å². The summed E-state index contributed by atoms with van der Waals surface area (Å²) in [5, 5.41) is 4.32. The first-order valence-corrected chi connectivity index (χ1v) is 6.76. The fourth-order valence-electron chi connectivity index (χ4n) is 2.32. The number of likely N-dealkylation sites (N-methyl/N-ethyl adjacent to an activating group) is 2. The van der Waals surface area contributed by atoms with E-state index in [1.807, 2.05) is 0 Å². The molecule has 2 rings (SSSR count). The molecular weight excluding hydrogens is 218 g/mol. The largest absolute Gasteiger partial charge is 0.326 e. The number of rotatable bonds is 3. The monoisotopic (exact) mass is 239 g/mol. The highest BCUT2D eigenvalue weighted by Gasteiger charge is 2.27. The SMILES string of the molecule is CN1CCN(C)C(C(N)Cc2ccsc2)C1. The summed E-state index contributed by atoms with van der Waals surface area (Å²) in [6, 6.07) is 2.90. The van der Waals surface area contributed by atoms with Gasteiger partial charge in [-0.3, -0.25) is 4.90 Å². The molecule has 1 saturated heterocycles. The molecule has 0 saturated carbocycles. The normalized spacial score (nSPS) is 25.8. The molecule has 2 N–H and O–H groups in total. The van der Waals surface area contributed by atoms with Gasteiger partial charge in [-0.15, -0.1) is 0 Å². The topological polar surface area (TPSA) is 32.5 Å². The predicted molar refractivity (Wildman–Crippen MR) is 69.9 cm³/mol. The Balaban J connectivity index is 1.94. The zero-order chi connectivity index (χ0) is 11.5. The van der Waals surface area contributed by atoms with Gasteiger partial charge in [-0.2, -0.15) is 11.3 Å². The van der Waals surface area contributed by atoms with Gasteiger partial charge in [0.2, 0.25) is 0 Å². The fourth-order valence-corrected chi connectivity index (χ4v) is 3.01. The maximum Gasteiger partial charge on any atom is 0.0375 e. The molecule has 0 spiro atoms. The summed E-state index contributed by atoms with van der Waals surface area (Å²) in [4.78, 5) is 4.77. The van der Waals surface area contributed by atoms with Crippen molar-refractivity contribution in [3.05, 3.63) is 22.4 Å². The molecule has 0 bridgehead atoms. The molecule has 1 aliphatic rings. The first kappa shape index (κ1) is 12.0. The number of nitrogens with two attached hydrogens (primary N) is 1. The van der Waals surface area contributed by atoms with E-state index in [0.717, 1.165) is 26.1 Å². The van der Waals surface area contributed by atoms with Crippen LogP contribution in [0.1, 0.15) is 5.56 Å². The Morgan fingerprint density at radius 3 is 3.00 bits per heavy atom. The second-order valence-electron chi connectivity index (χ2n) is 4.81. The molecule has 4 heteroatoms. The second kappa shape index (κ2) is 5.27. The van der Waals surface area contributed by atoms with Crippen LogP contribution in [0.4, 0.5) is 0 Å². The minimum absolute atomic E-state index is 0.238. The van der Waals surface area contributed by atoms with Crippen LogP contribution in [0.2, 0.25) is 0 Å². The van der Waals surface area contributed by atoms with Crippen LogP contribution in [0.5, 0.6) is 0 Å². The first-order chi connectivity index (χ1) is 7.66. The summed E-state index contributed by atoms with van der Waals surface area (Å²) < 4.78 is 0. The zero-order valence-corrected chi connectivity index (χ0v) is 10.9. The van der Waals surface area contributed by atoms with Gasteiger partial charge in [-0.1, -0.05) is 0 Å². The molecule has 1 aromatic rings. The number of nitrogens with zero attached hydrogens (tertiary/aromatic N) is 2. The van der Waals surface area contributed by atoms with E-state index in [-0.39, 0.29) is 6.04 Å². The standard InChI is InChI=1S/C12H21N3S/c1-14-4-5-15(2)12(8-14)11(13)7-10-3-6-16-9-10/h3,6,9,11-12H,4-5,7-8,13H2,1-2H3. The number of thiophene rings is 1. The van der Waals surface area contributed by atoms with Gasteiger partial charge < -0.3 is 10.6 Å². The van der Waals surface area contributed by atoms with Gasteiger partial charge in [0.15, 0.2) is 0 Å². The average Bonchev–Trinajstić information content (AvgIpc) is 2.74. The third-order valence-corrected chi connectivity index (χ3v) is 4.18. The Hall–Kier alpha value is -0.420. The van der Waals surface area contributed by atoms with Crippen molar-refractivity contribution in [1.29, 1.82) is 0 Å². The van der Waals surface area contributed by atoms with Gasteiger partial charge in [0, 0.05) is 31.7 Å². The molecule has 1 fully saturated rings. The van der Waals surface area contributed by atoms with E-state index in [1.165, 1.54) is 5.56 Å². The highest BCUT2D eigenvalue weighted by molar-refractivity contribution is 7.07. The first-order valence-electron chi connectivity index (χ1n) is 5.82. The average molecular weight is 239 g/mol. The van der Waals surface area contributed by atoms with E-state index >= 15 is 0 Å². The molecule has 2 atom stereocenters. The maximum atomic E-state index is 6.33. The summed E-state index contributed by atoms with van der Waals surface area (Å²) in [5.74, 6) is 0. The van der Waals surface area contributed by atoms with Crippen molar-refractivity contribution < 1.29 is 0 Å². The van der Waals surface area contributed by atoms with Crippen LogP contribution >= 0.6 is 11.3 Å². The second-order valence-corrected chi connectivity index (χ2v) is 5.59. The minimum atomic E-state index is 0.238. The van der Waals surface area contributed by atoms with Gasteiger partial charge in [-0.25, -0.2) is 0 Å². The van der Waals surface area contributed by atoms with E-state index < -0.39 is 0 Å². The van der Waals surface area contributed by atoms with E-state index in [0.29, 0.717) is 6.04 Å². The molecule has 0 amide bonds. The molecule has 3 nitrogen and oxygen atoms in total. The third-order valence-electron chi connectivity index (χ3n) is 3.45. The fraction of sp³-hybridized carbons (Fsp3) is 0.667. The minimum Gasteiger partial charge on any atom is -0.326 e. The molecule has 0 aliphatic carbocycles. The van der Waals surface area contributed by atoms with Gasteiger partial charge in [0.1, 0.15) is 0 Å².